The van der Waals surface area contributed by atoms with Gasteiger partial charge < -0.3 is 0 Å². The quantitative estimate of drug-likeness (QED) is 0.739. The fraction of sp³-hybridized carbons (Fsp3) is 0.579. The molecule has 0 aliphatic heterocycles. The topological polar surface area (TPSA) is 34.1 Å². The summed E-state index contributed by atoms with van der Waals surface area (Å²) in [5.74, 6) is 0.572. The molecule has 1 aliphatic rings. The van der Waals surface area contributed by atoms with Crippen molar-refractivity contribution in [2.45, 2.75) is 64.7 Å². The normalized spacial score (nSPS) is 22.9. The number of benzene rings is 1. The Labute approximate surface area is 127 Å². The third-order valence-electron chi connectivity index (χ3n) is 4.59. The summed E-state index contributed by atoms with van der Waals surface area (Å²) in [5, 5.41) is 0. The van der Waals surface area contributed by atoms with Crippen molar-refractivity contribution < 1.29 is 9.59 Å². The highest BCUT2D eigenvalue weighted by Gasteiger charge is 2.35. The first kappa shape index (κ1) is 15.9. The molecule has 0 unspecified atom stereocenters. The second kappa shape index (κ2) is 7.02. The van der Waals surface area contributed by atoms with Crippen LogP contribution in [0.5, 0.6) is 0 Å². The SMILES string of the molecule is CCCCC1C(=O)CC(c2ccc(C(C)C)cc2)CC1=O. The smallest absolute Gasteiger partial charge is 0.143 e. The summed E-state index contributed by atoms with van der Waals surface area (Å²) in [4.78, 5) is 24.5. The second-order valence-corrected chi connectivity index (χ2v) is 6.55. The Kier molecular flexibility index (Phi) is 5.33. The van der Waals surface area contributed by atoms with Crippen LogP contribution in [0.4, 0.5) is 0 Å². The summed E-state index contributed by atoms with van der Waals surface area (Å²) in [6.45, 7) is 6.43. The predicted molar refractivity (Wildman–Crippen MR) is 85.5 cm³/mol. The lowest BCUT2D eigenvalue weighted by Gasteiger charge is -2.26. The number of carbonyl (C=O) groups is 2. The number of carbonyl (C=O) groups excluding carboxylic acids is 2. The van der Waals surface area contributed by atoms with Crippen molar-refractivity contribution in [3.63, 3.8) is 0 Å². The molecule has 2 rings (SSSR count). The summed E-state index contributed by atoms with van der Waals surface area (Å²) >= 11 is 0. The van der Waals surface area contributed by atoms with Gasteiger partial charge in [-0.2, -0.15) is 0 Å². The summed E-state index contributed by atoms with van der Waals surface area (Å²) in [6, 6.07) is 8.43. The van der Waals surface area contributed by atoms with Crippen LogP contribution in [0.25, 0.3) is 0 Å². The van der Waals surface area contributed by atoms with E-state index in [0.717, 1.165) is 24.8 Å². The Bertz CT molecular complexity index is 481. The van der Waals surface area contributed by atoms with E-state index in [2.05, 4.69) is 45.0 Å². The van der Waals surface area contributed by atoms with Gasteiger partial charge in [-0.05, 0) is 29.4 Å². The maximum Gasteiger partial charge on any atom is 0.143 e. The third kappa shape index (κ3) is 3.81. The van der Waals surface area contributed by atoms with E-state index in [1.54, 1.807) is 0 Å². The summed E-state index contributed by atoms with van der Waals surface area (Å²) in [7, 11) is 0. The molecule has 0 N–H and O–H groups in total. The molecule has 0 spiro atoms. The highest BCUT2D eigenvalue weighted by molar-refractivity contribution is 6.05. The number of Topliss-reactive ketones (excluding diaryl/α,β-unsaturated/α-hetero) is 2. The molecule has 0 atom stereocenters. The molecule has 0 heterocycles. The van der Waals surface area contributed by atoms with Crippen molar-refractivity contribution in [3.8, 4) is 0 Å². The molecule has 1 fully saturated rings. The van der Waals surface area contributed by atoms with Crippen LogP contribution in [-0.2, 0) is 9.59 Å². The van der Waals surface area contributed by atoms with Crippen LogP contribution in [0.15, 0.2) is 24.3 Å². The van der Waals surface area contributed by atoms with E-state index in [0.29, 0.717) is 18.8 Å². The minimum absolute atomic E-state index is 0.0871. The van der Waals surface area contributed by atoms with E-state index in [4.69, 9.17) is 0 Å². The minimum Gasteiger partial charge on any atom is -0.299 e. The number of hydrogen-bond acceptors (Lipinski definition) is 2. The average molecular weight is 286 g/mol. The molecular weight excluding hydrogens is 260 g/mol. The molecule has 2 heteroatoms. The Hall–Kier alpha value is -1.44. The zero-order chi connectivity index (χ0) is 15.4. The molecule has 0 bridgehead atoms. The van der Waals surface area contributed by atoms with Crippen molar-refractivity contribution in [1.29, 1.82) is 0 Å². The zero-order valence-corrected chi connectivity index (χ0v) is 13.4. The first-order chi connectivity index (χ1) is 10.0. The monoisotopic (exact) mass is 286 g/mol. The van der Waals surface area contributed by atoms with Gasteiger partial charge in [0.2, 0.25) is 0 Å². The van der Waals surface area contributed by atoms with Crippen LogP contribution in [0.1, 0.15) is 75.8 Å². The second-order valence-electron chi connectivity index (χ2n) is 6.55. The molecule has 2 nitrogen and oxygen atoms in total. The van der Waals surface area contributed by atoms with Crippen LogP contribution >= 0.6 is 0 Å². The lowest BCUT2D eigenvalue weighted by Crippen LogP contribution is -2.32. The van der Waals surface area contributed by atoms with Crippen molar-refractivity contribution in [3.05, 3.63) is 35.4 Å². The molecule has 21 heavy (non-hydrogen) atoms. The van der Waals surface area contributed by atoms with Gasteiger partial charge in [0.15, 0.2) is 0 Å². The van der Waals surface area contributed by atoms with Crippen molar-refractivity contribution in [2.24, 2.45) is 5.92 Å². The van der Waals surface area contributed by atoms with Gasteiger partial charge in [-0.1, -0.05) is 57.9 Å². The van der Waals surface area contributed by atoms with Crippen LogP contribution in [0, 0.1) is 5.92 Å². The summed E-state index contributed by atoms with van der Waals surface area (Å²) in [6.07, 6.45) is 3.81. The standard InChI is InChI=1S/C19H26O2/c1-4-5-6-17-18(20)11-16(12-19(17)21)15-9-7-14(8-10-15)13(2)3/h7-10,13,16-17H,4-6,11-12H2,1-3H3. The van der Waals surface area contributed by atoms with Crippen LogP contribution in [0.2, 0.25) is 0 Å². The highest BCUT2D eigenvalue weighted by atomic mass is 16.2. The maximum atomic E-state index is 12.2. The van der Waals surface area contributed by atoms with Gasteiger partial charge in [0, 0.05) is 12.8 Å². The molecule has 1 aromatic rings. The van der Waals surface area contributed by atoms with Gasteiger partial charge in [0.05, 0.1) is 5.92 Å². The fourth-order valence-electron chi connectivity index (χ4n) is 3.14. The van der Waals surface area contributed by atoms with Gasteiger partial charge in [0.25, 0.3) is 0 Å². The average Bonchev–Trinajstić information content (AvgIpc) is 2.46. The Morgan fingerprint density at radius 3 is 2.10 bits per heavy atom. The highest BCUT2D eigenvalue weighted by Crippen LogP contribution is 2.34. The number of rotatable bonds is 5. The van der Waals surface area contributed by atoms with Gasteiger partial charge in [-0.3, -0.25) is 9.59 Å². The molecule has 1 aromatic carbocycles. The van der Waals surface area contributed by atoms with Crippen molar-refractivity contribution >= 4 is 11.6 Å². The number of unbranched alkanes of at least 4 members (excludes halogenated alkanes) is 1. The molecule has 0 amide bonds. The lowest BCUT2D eigenvalue weighted by atomic mass is 9.75. The lowest BCUT2D eigenvalue weighted by molar-refractivity contribution is -0.136. The minimum atomic E-state index is -0.323. The van der Waals surface area contributed by atoms with E-state index in [-0.39, 0.29) is 23.4 Å². The van der Waals surface area contributed by atoms with E-state index in [1.165, 1.54) is 5.56 Å². The Morgan fingerprint density at radius 1 is 1.05 bits per heavy atom. The van der Waals surface area contributed by atoms with Gasteiger partial charge in [0.1, 0.15) is 11.6 Å². The van der Waals surface area contributed by atoms with E-state index in [1.807, 2.05) is 0 Å². The molecule has 1 aliphatic carbocycles. The van der Waals surface area contributed by atoms with Crippen LogP contribution in [-0.4, -0.2) is 11.6 Å². The van der Waals surface area contributed by atoms with Gasteiger partial charge in [-0.15, -0.1) is 0 Å². The summed E-state index contributed by atoms with van der Waals surface area (Å²) < 4.78 is 0. The fourth-order valence-corrected chi connectivity index (χ4v) is 3.14. The van der Waals surface area contributed by atoms with Crippen molar-refractivity contribution in [2.75, 3.05) is 0 Å². The van der Waals surface area contributed by atoms with E-state index in [9.17, 15) is 9.59 Å². The molecule has 0 radical (unpaired) electrons. The zero-order valence-electron chi connectivity index (χ0n) is 13.4. The number of ketones is 2. The van der Waals surface area contributed by atoms with E-state index < -0.39 is 0 Å². The molecule has 1 saturated carbocycles. The first-order valence-electron chi connectivity index (χ1n) is 8.18. The van der Waals surface area contributed by atoms with Crippen LogP contribution in [0.3, 0.4) is 0 Å². The predicted octanol–water partition coefficient (Wildman–Crippen LogP) is 4.63. The molecule has 0 saturated heterocycles. The maximum absolute atomic E-state index is 12.2. The largest absolute Gasteiger partial charge is 0.299 e. The molecule has 114 valence electrons. The van der Waals surface area contributed by atoms with Gasteiger partial charge >= 0.3 is 0 Å². The first-order valence-corrected chi connectivity index (χ1v) is 8.18. The summed E-state index contributed by atoms with van der Waals surface area (Å²) in [5.41, 5.74) is 2.43. The molecular formula is C19H26O2. The Balaban J connectivity index is 2.06. The van der Waals surface area contributed by atoms with Crippen molar-refractivity contribution in [1.82, 2.24) is 0 Å². The number of hydrogen-bond donors (Lipinski definition) is 0. The molecule has 0 aromatic heterocycles. The van der Waals surface area contributed by atoms with Crippen LogP contribution < -0.4 is 0 Å². The van der Waals surface area contributed by atoms with Gasteiger partial charge in [-0.25, -0.2) is 0 Å². The van der Waals surface area contributed by atoms with E-state index >= 15 is 0 Å². The third-order valence-corrected chi connectivity index (χ3v) is 4.59. The Morgan fingerprint density at radius 2 is 1.62 bits per heavy atom.